The standard InChI is InChI=1S/C48H26N6O13S3/c55-45-37-16-12-33-35-14-18-39-44-40(48(58)54(47(39)57)29-10-6-25(7-11-29)50-52-27-21-31(69(62,63)64)23-32(22-27)70(65,66)67)19-15-36(42(35)44)34-13-17-38(43(37)41(33)34)46(56)53(45)28-8-4-24(5-9-28)49-51-26-2-1-3-30(20-26)68(59,60)61/h1-23H,(H,59,60,61)(H,62,63,64)(H,65,66,67). The molecule has 19 nitrogen and oxygen atoms in total. The van der Waals surface area contributed by atoms with Crippen molar-refractivity contribution in [2.45, 2.75) is 14.7 Å². The van der Waals surface area contributed by atoms with E-state index in [9.17, 15) is 58.1 Å². The summed E-state index contributed by atoms with van der Waals surface area (Å²) in [5, 5.41) is 20.9. The molecule has 0 fully saturated rings. The van der Waals surface area contributed by atoms with Crippen molar-refractivity contribution < 1.29 is 58.1 Å². The van der Waals surface area contributed by atoms with Crippen molar-refractivity contribution in [1.29, 1.82) is 0 Å². The van der Waals surface area contributed by atoms with Gasteiger partial charge in [-0.2, -0.15) is 45.7 Å². The number of nitrogens with zero attached hydrogens (tertiary/aromatic N) is 6. The fourth-order valence-corrected chi connectivity index (χ4v) is 10.6. The maximum Gasteiger partial charge on any atom is 0.294 e. The molecule has 70 heavy (non-hydrogen) atoms. The maximum atomic E-state index is 14.3. The predicted octanol–water partition coefficient (Wildman–Crippen LogP) is 9.91. The molecule has 0 atom stereocenters. The van der Waals surface area contributed by atoms with Gasteiger partial charge in [-0.05, 0) is 142 Å². The normalized spacial score (nSPS) is 14.5. The van der Waals surface area contributed by atoms with Crippen LogP contribution in [0.4, 0.5) is 34.1 Å². The van der Waals surface area contributed by atoms with E-state index in [-0.39, 0.29) is 55.6 Å². The summed E-state index contributed by atoms with van der Waals surface area (Å²) in [6.07, 6.45) is 0. The number of amides is 4. The van der Waals surface area contributed by atoms with E-state index in [1.165, 1.54) is 66.7 Å². The van der Waals surface area contributed by atoms with Crippen LogP contribution in [0.1, 0.15) is 41.4 Å². The molecule has 3 N–H and O–H groups in total. The molecule has 2 aliphatic rings. The van der Waals surface area contributed by atoms with Gasteiger partial charge in [-0.3, -0.25) is 32.8 Å². The smallest absolute Gasteiger partial charge is 0.282 e. The average molecular weight is 991 g/mol. The Morgan fingerprint density at radius 1 is 0.329 bits per heavy atom. The lowest BCUT2D eigenvalue weighted by atomic mass is 9.82. The summed E-state index contributed by atoms with van der Waals surface area (Å²) in [6.45, 7) is 0. The van der Waals surface area contributed by atoms with Gasteiger partial charge in [-0.15, -0.1) is 0 Å². The third kappa shape index (κ3) is 7.08. The number of imide groups is 2. The Hall–Kier alpha value is -8.51. The lowest BCUT2D eigenvalue weighted by Gasteiger charge is -2.30. The minimum Gasteiger partial charge on any atom is -0.282 e. The zero-order valence-corrected chi connectivity index (χ0v) is 37.6. The van der Waals surface area contributed by atoms with Crippen LogP contribution in [-0.4, -0.2) is 62.5 Å². The molecular formula is C48H26N6O13S3. The van der Waals surface area contributed by atoms with Crippen LogP contribution in [-0.2, 0) is 30.4 Å². The van der Waals surface area contributed by atoms with Crippen LogP contribution < -0.4 is 9.80 Å². The Balaban J connectivity index is 0.909. The highest BCUT2D eigenvalue weighted by molar-refractivity contribution is 7.86. The van der Waals surface area contributed by atoms with Gasteiger partial charge >= 0.3 is 0 Å². The summed E-state index contributed by atoms with van der Waals surface area (Å²) in [6, 6.07) is 32.9. The molecule has 0 spiro atoms. The SMILES string of the molecule is O=C1c2ccc3c4ccc5c6c(ccc(c7ccc(c2c37)C(=O)N1c1ccc(N=Nc2cccc(S(=O)(=O)O)c2)cc1)c64)C(=O)N(c1ccc(N=Nc2cc(S(=O)(=O)O)cc(S(=O)(=O)O)c2)cc1)C5=O. The highest BCUT2D eigenvalue weighted by Crippen LogP contribution is 2.47. The molecule has 0 aromatic heterocycles. The summed E-state index contributed by atoms with van der Waals surface area (Å²) in [4.78, 5) is 57.2. The van der Waals surface area contributed by atoms with Crippen molar-refractivity contribution in [2.24, 2.45) is 20.5 Å². The number of rotatable bonds is 9. The van der Waals surface area contributed by atoms with Gasteiger partial charge in [0, 0.05) is 33.0 Å². The van der Waals surface area contributed by atoms with Gasteiger partial charge in [-0.1, -0.05) is 30.3 Å². The van der Waals surface area contributed by atoms with Gasteiger partial charge in [0.25, 0.3) is 54.0 Å². The number of anilines is 2. The van der Waals surface area contributed by atoms with Crippen LogP contribution in [0.2, 0.25) is 0 Å². The summed E-state index contributed by atoms with van der Waals surface area (Å²) in [5.41, 5.74) is 1.76. The predicted molar refractivity (Wildman–Crippen MR) is 253 cm³/mol. The fraction of sp³-hybridized carbons (Fsp3) is 0. The first-order chi connectivity index (χ1) is 33.3. The maximum absolute atomic E-state index is 14.3. The second kappa shape index (κ2) is 15.5. The zero-order chi connectivity index (χ0) is 49.2. The summed E-state index contributed by atoms with van der Waals surface area (Å²) >= 11 is 0. The fourth-order valence-electron chi connectivity index (χ4n) is 8.92. The number of fused-ring (bicyclic) bond motifs is 2. The molecule has 0 saturated heterocycles. The minimum atomic E-state index is -4.89. The first-order valence-corrected chi connectivity index (χ1v) is 24.8. The quantitative estimate of drug-likeness (QED) is 0.0399. The molecule has 2 heterocycles. The molecule has 0 radical (unpaired) electrons. The van der Waals surface area contributed by atoms with Crippen molar-refractivity contribution in [3.05, 3.63) is 162 Å². The van der Waals surface area contributed by atoms with E-state index in [2.05, 4.69) is 20.5 Å². The number of hydrogen-bond acceptors (Lipinski definition) is 14. The molecule has 0 aliphatic carbocycles. The molecule has 2 aliphatic heterocycles. The third-order valence-electron chi connectivity index (χ3n) is 12.0. The van der Waals surface area contributed by atoms with E-state index in [0.29, 0.717) is 54.8 Å². The third-order valence-corrected chi connectivity index (χ3v) is 14.5. The Morgan fingerprint density at radius 2 is 0.657 bits per heavy atom. The second-order valence-electron chi connectivity index (χ2n) is 16.1. The van der Waals surface area contributed by atoms with Crippen LogP contribution in [0.15, 0.2) is 175 Å². The first-order valence-electron chi connectivity index (χ1n) is 20.5. The summed E-state index contributed by atoms with van der Waals surface area (Å²) in [5.74, 6) is -2.38. The van der Waals surface area contributed by atoms with E-state index >= 15 is 0 Å². The van der Waals surface area contributed by atoms with Crippen LogP contribution in [0, 0.1) is 0 Å². The highest BCUT2D eigenvalue weighted by atomic mass is 32.2. The van der Waals surface area contributed by atoms with Crippen molar-refractivity contribution in [3.8, 4) is 0 Å². The highest BCUT2D eigenvalue weighted by Gasteiger charge is 2.38. The molecule has 22 heteroatoms. The molecule has 344 valence electrons. The topological polar surface area (TPSA) is 287 Å². The van der Waals surface area contributed by atoms with Crippen molar-refractivity contribution in [1.82, 2.24) is 0 Å². The average Bonchev–Trinajstić information content (AvgIpc) is 3.33. The number of azo groups is 2. The molecule has 11 rings (SSSR count). The summed E-state index contributed by atoms with van der Waals surface area (Å²) in [7, 11) is -14.2. The number of hydrogen-bond donors (Lipinski definition) is 3. The number of carbonyl (C=O) groups excluding carboxylic acids is 4. The number of benzene rings is 9. The molecular weight excluding hydrogens is 965 g/mol. The van der Waals surface area contributed by atoms with Crippen LogP contribution in [0.25, 0.3) is 43.1 Å². The van der Waals surface area contributed by atoms with Crippen LogP contribution in [0.5, 0.6) is 0 Å². The van der Waals surface area contributed by atoms with Crippen LogP contribution >= 0.6 is 0 Å². The van der Waals surface area contributed by atoms with Crippen molar-refractivity contribution in [2.75, 3.05) is 9.80 Å². The van der Waals surface area contributed by atoms with Crippen molar-refractivity contribution in [3.63, 3.8) is 0 Å². The van der Waals surface area contributed by atoms with E-state index in [1.807, 2.05) is 0 Å². The Morgan fingerprint density at radius 3 is 1.01 bits per heavy atom. The van der Waals surface area contributed by atoms with E-state index in [0.717, 1.165) is 28.0 Å². The largest absolute Gasteiger partial charge is 0.294 e. The van der Waals surface area contributed by atoms with Gasteiger partial charge in [0.15, 0.2) is 0 Å². The lowest BCUT2D eigenvalue weighted by Crippen LogP contribution is -2.40. The molecule has 0 saturated carbocycles. The zero-order valence-electron chi connectivity index (χ0n) is 35.1. The monoisotopic (exact) mass is 990 g/mol. The van der Waals surface area contributed by atoms with E-state index < -0.39 is 63.8 Å². The van der Waals surface area contributed by atoms with Crippen molar-refractivity contribution >= 4 is 131 Å². The molecule has 4 amide bonds. The van der Waals surface area contributed by atoms with Crippen LogP contribution in [0.3, 0.4) is 0 Å². The van der Waals surface area contributed by atoms with Gasteiger partial charge in [-0.25, -0.2) is 9.80 Å². The van der Waals surface area contributed by atoms with E-state index in [4.69, 9.17) is 0 Å². The Bertz CT molecular complexity index is 4130. The summed E-state index contributed by atoms with van der Waals surface area (Å²) < 4.78 is 98.3. The number of carbonyl (C=O) groups is 4. The Labute approximate surface area is 394 Å². The minimum absolute atomic E-state index is 0.140. The van der Waals surface area contributed by atoms with Gasteiger partial charge in [0.05, 0.1) is 48.8 Å². The Kier molecular flexibility index (Phi) is 9.75. The lowest BCUT2D eigenvalue weighted by molar-refractivity contribution is 0.0877. The molecule has 9 aromatic carbocycles. The second-order valence-corrected chi connectivity index (χ2v) is 20.3. The molecule has 0 unspecified atom stereocenters. The molecule has 9 aromatic rings. The molecule has 0 bridgehead atoms. The van der Waals surface area contributed by atoms with Gasteiger partial charge in [0.2, 0.25) is 0 Å². The van der Waals surface area contributed by atoms with Gasteiger partial charge < -0.3 is 0 Å². The van der Waals surface area contributed by atoms with E-state index in [1.54, 1.807) is 48.5 Å². The van der Waals surface area contributed by atoms with Gasteiger partial charge in [0.1, 0.15) is 0 Å². The first kappa shape index (κ1) is 44.0.